The van der Waals surface area contributed by atoms with Crippen molar-refractivity contribution in [2.45, 2.75) is 19.3 Å². The average molecular weight is 179 g/mol. The molecule has 0 aliphatic carbocycles. The zero-order chi connectivity index (χ0) is 9.26. The first kappa shape index (κ1) is 8.35. The summed E-state index contributed by atoms with van der Waals surface area (Å²) in [7, 11) is 0. The lowest BCUT2D eigenvalue weighted by Crippen LogP contribution is -2.25. The molecule has 1 aromatic rings. The molecule has 0 N–H and O–H groups in total. The van der Waals surface area contributed by atoms with Crippen LogP contribution in [0.15, 0.2) is 22.8 Å². The Morgan fingerprint density at radius 3 is 3.08 bits per heavy atom. The fourth-order valence-corrected chi connectivity index (χ4v) is 1.80. The SMILES string of the molecule is CC(=O)N1CCC(c2ccco2)C1. The van der Waals surface area contributed by atoms with E-state index in [0.717, 1.165) is 25.3 Å². The Morgan fingerprint density at radius 1 is 1.69 bits per heavy atom. The summed E-state index contributed by atoms with van der Waals surface area (Å²) >= 11 is 0. The van der Waals surface area contributed by atoms with E-state index >= 15 is 0 Å². The topological polar surface area (TPSA) is 33.5 Å². The maximum absolute atomic E-state index is 11.1. The highest BCUT2D eigenvalue weighted by Gasteiger charge is 2.26. The van der Waals surface area contributed by atoms with Crippen LogP contribution in [0.3, 0.4) is 0 Å². The molecule has 1 unspecified atom stereocenters. The third-order valence-electron chi connectivity index (χ3n) is 2.58. The molecule has 1 atom stereocenters. The molecule has 1 aromatic heterocycles. The lowest BCUT2D eigenvalue weighted by molar-refractivity contribution is -0.127. The summed E-state index contributed by atoms with van der Waals surface area (Å²) in [6.45, 7) is 3.29. The monoisotopic (exact) mass is 179 g/mol. The standard InChI is InChI=1S/C10H13NO2/c1-8(12)11-5-4-9(7-11)10-3-2-6-13-10/h2-3,6,9H,4-5,7H2,1H3. The lowest BCUT2D eigenvalue weighted by Gasteiger charge is -2.12. The summed E-state index contributed by atoms with van der Waals surface area (Å²) < 4.78 is 5.31. The smallest absolute Gasteiger partial charge is 0.219 e. The van der Waals surface area contributed by atoms with E-state index in [0.29, 0.717) is 5.92 Å². The van der Waals surface area contributed by atoms with Gasteiger partial charge in [0, 0.05) is 25.9 Å². The Bertz CT molecular complexity index is 292. The van der Waals surface area contributed by atoms with Gasteiger partial charge in [-0.05, 0) is 18.6 Å². The number of nitrogens with zero attached hydrogens (tertiary/aromatic N) is 1. The molecule has 70 valence electrons. The van der Waals surface area contributed by atoms with Crippen molar-refractivity contribution in [3.05, 3.63) is 24.2 Å². The van der Waals surface area contributed by atoms with Gasteiger partial charge >= 0.3 is 0 Å². The highest BCUT2D eigenvalue weighted by Crippen LogP contribution is 2.27. The molecule has 1 fully saturated rings. The fourth-order valence-electron chi connectivity index (χ4n) is 1.80. The van der Waals surface area contributed by atoms with Crippen molar-refractivity contribution in [1.82, 2.24) is 4.90 Å². The van der Waals surface area contributed by atoms with Crippen LogP contribution >= 0.6 is 0 Å². The van der Waals surface area contributed by atoms with Crippen LogP contribution in [0.25, 0.3) is 0 Å². The molecule has 2 rings (SSSR count). The lowest BCUT2D eigenvalue weighted by atomic mass is 10.1. The quantitative estimate of drug-likeness (QED) is 0.656. The van der Waals surface area contributed by atoms with Crippen LogP contribution in [0, 0.1) is 0 Å². The third kappa shape index (κ3) is 1.59. The van der Waals surface area contributed by atoms with Gasteiger partial charge in [0.1, 0.15) is 5.76 Å². The van der Waals surface area contributed by atoms with Crippen LogP contribution < -0.4 is 0 Å². The second-order valence-electron chi connectivity index (χ2n) is 3.47. The minimum atomic E-state index is 0.161. The van der Waals surface area contributed by atoms with Gasteiger partial charge in [-0.2, -0.15) is 0 Å². The zero-order valence-corrected chi connectivity index (χ0v) is 7.69. The van der Waals surface area contributed by atoms with Crippen molar-refractivity contribution in [2.75, 3.05) is 13.1 Å². The number of hydrogen-bond donors (Lipinski definition) is 0. The normalized spacial score (nSPS) is 22.2. The largest absolute Gasteiger partial charge is 0.469 e. The van der Waals surface area contributed by atoms with Crippen molar-refractivity contribution < 1.29 is 9.21 Å². The molecule has 3 heteroatoms. The molecule has 3 nitrogen and oxygen atoms in total. The Morgan fingerprint density at radius 2 is 2.54 bits per heavy atom. The summed E-state index contributed by atoms with van der Waals surface area (Å²) in [5.74, 6) is 1.57. The predicted molar refractivity (Wildman–Crippen MR) is 48.3 cm³/mol. The van der Waals surface area contributed by atoms with Gasteiger partial charge in [-0.15, -0.1) is 0 Å². The average Bonchev–Trinajstić information content (AvgIpc) is 2.75. The Hall–Kier alpha value is -1.25. The number of likely N-dealkylation sites (tertiary alicyclic amines) is 1. The Kier molecular flexibility index (Phi) is 2.08. The van der Waals surface area contributed by atoms with Gasteiger partial charge in [0.25, 0.3) is 0 Å². The first-order valence-electron chi connectivity index (χ1n) is 4.56. The minimum absolute atomic E-state index is 0.161. The van der Waals surface area contributed by atoms with Gasteiger partial charge in [-0.25, -0.2) is 0 Å². The molecular formula is C10H13NO2. The molecule has 13 heavy (non-hydrogen) atoms. The Labute approximate surface area is 77.3 Å². The summed E-state index contributed by atoms with van der Waals surface area (Å²) in [5.41, 5.74) is 0. The second kappa shape index (κ2) is 3.24. The number of hydrogen-bond acceptors (Lipinski definition) is 2. The maximum atomic E-state index is 11.1. The van der Waals surface area contributed by atoms with Crippen molar-refractivity contribution in [3.8, 4) is 0 Å². The van der Waals surface area contributed by atoms with Crippen molar-refractivity contribution in [2.24, 2.45) is 0 Å². The van der Waals surface area contributed by atoms with E-state index in [-0.39, 0.29) is 5.91 Å². The van der Waals surface area contributed by atoms with Crippen molar-refractivity contribution >= 4 is 5.91 Å². The van der Waals surface area contributed by atoms with Crippen LogP contribution in [0.4, 0.5) is 0 Å². The molecular weight excluding hydrogens is 166 g/mol. The predicted octanol–water partition coefficient (Wildman–Crippen LogP) is 1.62. The minimum Gasteiger partial charge on any atom is -0.469 e. The van der Waals surface area contributed by atoms with E-state index in [4.69, 9.17) is 4.42 Å². The first-order chi connectivity index (χ1) is 6.27. The molecule has 1 saturated heterocycles. The highest BCUT2D eigenvalue weighted by atomic mass is 16.3. The highest BCUT2D eigenvalue weighted by molar-refractivity contribution is 5.73. The molecule has 1 aliphatic heterocycles. The number of rotatable bonds is 1. The summed E-state index contributed by atoms with van der Waals surface area (Å²) in [6.07, 6.45) is 2.71. The second-order valence-corrected chi connectivity index (χ2v) is 3.47. The van der Waals surface area contributed by atoms with Gasteiger partial charge in [-0.1, -0.05) is 0 Å². The van der Waals surface area contributed by atoms with Crippen molar-refractivity contribution in [1.29, 1.82) is 0 Å². The van der Waals surface area contributed by atoms with Crippen LogP contribution in [0.2, 0.25) is 0 Å². The first-order valence-corrected chi connectivity index (χ1v) is 4.56. The van der Waals surface area contributed by atoms with Crippen LogP contribution in [0.5, 0.6) is 0 Å². The Balaban J connectivity index is 2.03. The van der Waals surface area contributed by atoms with E-state index in [9.17, 15) is 4.79 Å². The molecule has 1 aliphatic rings. The third-order valence-corrected chi connectivity index (χ3v) is 2.58. The van der Waals surface area contributed by atoms with Crippen LogP contribution in [-0.2, 0) is 4.79 Å². The summed E-state index contributed by atoms with van der Waals surface area (Å²) in [6, 6.07) is 3.88. The van der Waals surface area contributed by atoms with E-state index in [1.54, 1.807) is 13.2 Å². The fraction of sp³-hybridized carbons (Fsp3) is 0.500. The van der Waals surface area contributed by atoms with Gasteiger partial charge in [0.05, 0.1) is 6.26 Å². The van der Waals surface area contributed by atoms with E-state index in [2.05, 4.69) is 0 Å². The summed E-state index contributed by atoms with van der Waals surface area (Å²) in [5, 5.41) is 0. The molecule has 1 amide bonds. The molecule has 2 heterocycles. The van der Waals surface area contributed by atoms with Gasteiger partial charge in [0.2, 0.25) is 5.91 Å². The molecule has 0 bridgehead atoms. The number of carbonyl (C=O) groups is 1. The van der Waals surface area contributed by atoms with Crippen LogP contribution in [0.1, 0.15) is 25.0 Å². The molecule has 0 aromatic carbocycles. The van der Waals surface area contributed by atoms with E-state index in [1.165, 1.54) is 0 Å². The summed E-state index contributed by atoms with van der Waals surface area (Å²) in [4.78, 5) is 12.9. The van der Waals surface area contributed by atoms with Crippen molar-refractivity contribution in [3.63, 3.8) is 0 Å². The number of amides is 1. The van der Waals surface area contributed by atoms with E-state index < -0.39 is 0 Å². The zero-order valence-electron chi connectivity index (χ0n) is 7.69. The maximum Gasteiger partial charge on any atom is 0.219 e. The van der Waals surface area contributed by atoms with Gasteiger partial charge in [-0.3, -0.25) is 4.79 Å². The van der Waals surface area contributed by atoms with E-state index in [1.807, 2.05) is 17.0 Å². The number of carbonyl (C=O) groups excluding carboxylic acids is 1. The van der Waals surface area contributed by atoms with Gasteiger partial charge < -0.3 is 9.32 Å². The number of furan rings is 1. The molecule has 0 spiro atoms. The molecule has 0 saturated carbocycles. The van der Waals surface area contributed by atoms with Gasteiger partial charge in [0.15, 0.2) is 0 Å². The molecule has 0 radical (unpaired) electrons. The van der Waals surface area contributed by atoms with Crippen LogP contribution in [-0.4, -0.2) is 23.9 Å².